The number of esters is 1. The van der Waals surface area contributed by atoms with Crippen LogP contribution in [0.5, 0.6) is 11.5 Å². The Morgan fingerprint density at radius 2 is 1.65 bits per heavy atom. The smallest absolute Gasteiger partial charge is 0.335 e. The van der Waals surface area contributed by atoms with E-state index in [1.807, 2.05) is 12.1 Å². The molecule has 20 heavy (non-hydrogen) atoms. The summed E-state index contributed by atoms with van der Waals surface area (Å²) in [6.45, 7) is 6.31. The van der Waals surface area contributed by atoms with Gasteiger partial charge in [-0.2, -0.15) is 0 Å². The molecule has 1 aromatic carbocycles. The van der Waals surface area contributed by atoms with E-state index in [2.05, 4.69) is 13.5 Å². The maximum Gasteiger partial charge on any atom is 0.335 e. The third kappa shape index (κ3) is 6.98. The van der Waals surface area contributed by atoms with Crippen molar-refractivity contribution in [3.63, 3.8) is 0 Å². The van der Waals surface area contributed by atoms with Crippen LogP contribution in [-0.4, -0.2) is 12.6 Å². The number of hydrogen-bond donors (Lipinski definition) is 0. The van der Waals surface area contributed by atoms with Gasteiger partial charge in [0, 0.05) is 6.08 Å². The molecule has 0 saturated heterocycles. The maximum atomic E-state index is 11.0. The first kappa shape index (κ1) is 16.3. The molecule has 0 amide bonds. The lowest BCUT2D eigenvalue weighted by molar-refractivity contribution is -0.128. The lowest BCUT2D eigenvalue weighted by Gasteiger charge is -2.07. The van der Waals surface area contributed by atoms with Crippen molar-refractivity contribution in [3.8, 4) is 11.5 Å². The van der Waals surface area contributed by atoms with Gasteiger partial charge in [-0.1, -0.05) is 45.6 Å². The number of carbonyl (C=O) groups is 1. The molecule has 3 nitrogen and oxygen atoms in total. The molecule has 0 unspecified atom stereocenters. The Bertz CT molecular complexity index is 395. The van der Waals surface area contributed by atoms with Gasteiger partial charge in [-0.15, -0.1) is 0 Å². The van der Waals surface area contributed by atoms with E-state index in [-0.39, 0.29) is 0 Å². The molecule has 0 heterocycles. The zero-order chi connectivity index (χ0) is 14.6. The molecule has 0 atom stereocenters. The first-order valence-corrected chi connectivity index (χ1v) is 7.33. The molecule has 0 fully saturated rings. The minimum absolute atomic E-state index is 0.453. The number of rotatable bonds is 10. The monoisotopic (exact) mass is 276 g/mol. The summed E-state index contributed by atoms with van der Waals surface area (Å²) in [4.78, 5) is 11.0. The highest BCUT2D eigenvalue weighted by Crippen LogP contribution is 2.18. The van der Waals surface area contributed by atoms with Crippen LogP contribution in [0, 0.1) is 0 Å². The molecule has 0 aliphatic heterocycles. The maximum absolute atomic E-state index is 11.0. The standard InChI is InChI=1S/C17H24O3/c1-3-5-6-7-8-9-14-19-15-10-12-16(13-11-15)20-17(18)4-2/h4,10-13H,2-3,5-9,14H2,1H3. The molecular weight excluding hydrogens is 252 g/mol. The van der Waals surface area contributed by atoms with Gasteiger partial charge in [0.25, 0.3) is 0 Å². The van der Waals surface area contributed by atoms with Gasteiger partial charge < -0.3 is 9.47 Å². The van der Waals surface area contributed by atoms with Crippen molar-refractivity contribution >= 4 is 5.97 Å². The lowest BCUT2D eigenvalue weighted by Crippen LogP contribution is -2.03. The van der Waals surface area contributed by atoms with Gasteiger partial charge in [0.2, 0.25) is 0 Å². The average molecular weight is 276 g/mol. The molecule has 0 saturated carbocycles. The van der Waals surface area contributed by atoms with Crippen LogP contribution >= 0.6 is 0 Å². The van der Waals surface area contributed by atoms with Crippen LogP contribution < -0.4 is 9.47 Å². The van der Waals surface area contributed by atoms with Crippen molar-refractivity contribution in [1.82, 2.24) is 0 Å². The summed E-state index contributed by atoms with van der Waals surface area (Å²) in [7, 11) is 0. The van der Waals surface area contributed by atoms with Crippen molar-refractivity contribution in [3.05, 3.63) is 36.9 Å². The second kappa shape index (κ2) is 10.1. The Balaban J connectivity index is 2.18. The number of unbranched alkanes of at least 4 members (excludes halogenated alkanes) is 5. The fourth-order valence-electron chi connectivity index (χ4n) is 1.83. The van der Waals surface area contributed by atoms with Crippen molar-refractivity contribution in [2.24, 2.45) is 0 Å². The zero-order valence-corrected chi connectivity index (χ0v) is 12.3. The molecule has 0 bridgehead atoms. The largest absolute Gasteiger partial charge is 0.494 e. The molecule has 3 heteroatoms. The second-order valence-corrected chi connectivity index (χ2v) is 4.71. The Morgan fingerprint density at radius 3 is 2.30 bits per heavy atom. The van der Waals surface area contributed by atoms with E-state index in [0.717, 1.165) is 24.9 Å². The third-order valence-electron chi connectivity index (χ3n) is 2.98. The first-order valence-electron chi connectivity index (χ1n) is 7.33. The molecule has 0 aliphatic carbocycles. The Kier molecular flexibility index (Phi) is 8.20. The Hall–Kier alpha value is -1.77. The van der Waals surface area contributed by atoms with Crippen molar-refractivity contribution in [2.45, 2.75) is 45.4 Å². The summed E-state index contributed by atoms with van der Waals surface area (Å²) in [5.74, 6) is 0.851. The quantitative estimate of drug-likeness (QED) is 0.273. The van der Waals surface area contributed by atoms with Gasteiger partial charge in [0.1, 0.15) is 11.5 Å². The topological polar surface area (TPSA) is 35.5 Å². The van der Waals surface area contributed by atoms with Crippen LogP contribution in [0.2, 0.25) is 0 Å². The van der Waals surface area contributed by atoms with E-state index in [1.54, 1.807) is 12.1 Å². The number of carbonyl (C=O) groups excluding carboxylic acids is 1. The second-order valence-electron chi connectivity index (χ2n) is 4.71. The van der Waals surface area contributed by atoms with Crippen LogP contribution in [-0.2, 0) is 4.79 Å². The van der Waals surface area contributed by atoms with Gasteiger partial charge in [-0.25, -0.2) is 4.79 Å². The number of benzene rings is 1. The van der Waals surface area contributed by atoms with E-state index in [9.17, 15) is 4.79 Å². The van der Waals surface area contributed by atoms with Gasteiger partial charge >= 0.3 is 5.97 Å². The zero-order valence-electron chi connectivity index (χ0n) is 12.3. The summed E-state index contributed by atoms with van der Waals surface area (Å²) in [5, 5.41) is 0. The summed E-state index contributed by atoms with van der Waals surface area (Å²) < 4.78 is 10.6. The molecule has 0 spiro atoms. The summed E-state index contributed by atoms with van der Waals surface area (Å²) in [6.07, 6.45) is 8.65. The molecule has 1 rings (SSSR count). The Morgan fingerprint density at radius 1 is 1.05 bits per heavy atom. The van der Waals surface area contributed by atoms with Gasteiger partial charge in [0.05, 0.1) is 6.61 Å². The summed E-state index contributed by atoms with van der Waals surface area (Å²) in [6, 6.07) is 7.06. The highest BCUT2D eigenvalue weighted by Gasteiger charge is 2.00. The molecule has 1 aromatic rings. The highest BCUT2D eigenvalue weighted by atomic mass is 16.5. The first-order chi connectivity index (χ1) is 9.76. The molecule has 0 radical (unpaired) electrons. The van der Waals surface area contributed by atoms with Gasteiger partial charge in [0.15, 0.2) is 0 Å². The van der Waals surface area contributed by atoms with E-state index in [1.165, 1.54) is 32.1 Å². The van der Waals surface area contributed by atoms with Crippen molar-refractivity contribution in [2.75, 3.05) is 6.61 Å². The highest BCUT2D eigenvalue weighted by molar-refractivity contribution is 5.83. The fraction of sp³-hybridized carbons (Fsp3) is 0.471. The minimum atomic E-state index is -0.453. The van der Waals surface area contributed by atoms with Crippen LogP contribution in [0.25, 0.3) is 0 Å². The van der Waals surface area contributed by atoms with Crippen LogP contribution in [0.3, 0.4) is 0 Å². The SMILES string of the molecule is C=CC(=O)Oc1ccc(OCCCCCCCC)cc1. The summed E-state index contributed by atoms with van der Waals surface area (Å²) >= 11 is 0. The number of hydrogen-bond acceptors (Lipinski definition) is 3. The number of ether oxygens (including phenoxy) is 2. The minimum Gasteiger partial charge on any atom is -0.494 e. The molecule has 0 aromatic heterocycles. The van der Waals surface area contributed by atoms with Gasteiger partial charge in [-0.05, 0) is 30.7 Å². The normalized spacial score (nSPS) is 10.1. The van der Waals surface area contributed by atoms with E-state index < -0.39 is 5.97 Å². The van der Waals surface area contributed by atoms with Crippen LogP contribution in [0.15, 0.2) is 36.9 Å². The van der Waals surface area contributed by atoms with Crippen LogP contribution in [0.4, 0.5) is 0 Å². The van der Waals surface area contributed by atoms with E-state index in [0.29, 0.717) is 5.75 Å². The molecule has 0 N–H and O–H groups in total. The molecule has 0 aliphatic rings. The molecule has 110 valence electrons. The van der Waals surface area contributed by atoms with E-state index >= 15 is 0 Å². The Labute approximate surface area is 121 Å². The summed E-state index contributed by atoms with van der Waals surface area (Å²) in [5.41, 5.74) is 0. The van der Waals surface area contributed by atoms with Crippen LogP contribution in [0.1, 0.15) is 45.4 Å². The predicted octanol–water partition coefficient (Wildman–Crippen LogP) is 4.52. The predicted molar refractivity (Wildman–Crippen MR) is 81.1 cm³/mol. The van der Waals surface area contributed by atoms with Crippen molar-refractivity contribution < 1.29 is 14.3 Å². The molecular formula is C17H24O3. The fourth-order valence-corrected chi connectivity index (χ4v) is 1.83. The lowest BCUT2D eigenvalue weighted by atomic mass is 10.1. The van der Waals surface area contributed by atoms with E-state index in [4.69, 9.17) is 9.47 Å². The average Bonchev–Trinajstić information content (AvgIpc) is 2.48. The third-order valence-corrected chi connectivity index (χ3v) is 2.98. The van der Waals surface area contributed by atoms with Crippen molar-refractivity contribution in [1.29, 1.82) is 0 Å². The van der Waals surface area contributed by atoms with Gasteiger partial charge in [-0.3, -0.25) is 0 Å².